The Hall–Kier alpha value is -0.650. The number of piperidine rings is 1. The van der Waals surface area contributed by atoms with Gasteiger partial charge in [0.2, 0.25) is 5.91 Å². The lowest BCUT2D eigenvalue weighted by molar-refractivity contribution is -0.128. The number of likely N-dealkylation sites (tertiary alicyclic amines) is 2. The van der Waals surface area contributed by atoms with E-state index in [-0.39, 0.29) is 5.41 Å². The van der Waals surface area contributed by atoms with Gasteiger partial charge < -0.3 is 19.3 Å². The maximum absolute atomic E-state index is 12.3. The lowest BCUT2D eigenvalue weighted by Gasteiger charge is -2.39. The topological polar surface area (TPSA) is 42.0 Å². The van der Waals surface area contributed by atoms with Crippen LogP contribution in [0.25, 0.3) is 0 Å². The number of amides is 1. The molecule has 1 amide bonds. The minimum Gasteiger partial charge on any atom is -0.385 e. The lowest BCUT2D eigenvalue weighted by atomic mass is 9.77. The molecule has 3 rings (SSSR count). The summed E-state index contributed by atoms with van der Waals surface area (Å²) >= 11 is 0. The summed E-state index contributed by atoms with van der Waals surface area (Å²) in [5.41, 5.74) is 0.257. The third kappa shape index (κ3) is 3.81. The molecule has 3 aliphatic rings. The number of carbonyl (C=O) groups excluding carboxylic acids is 1. The highest BCUT2D eigenvalue weighted by molar-refractivity contribution is 5.79. The fourth-order valence-electron chi connectivity index (χ4n) is 4.22. The molecule has 0 aliphatic carbocycles. The van der Waals surface area contributed by atoms with E-state index in [0.29, 0.717) is 5.91 Å². The molecular formula is C17H30N2O3. The smallest absolute Gasteiger partial charge is 0.223 e. The highest BCUT2D eigenvalue weighted by Crippen LogP contribution is 2.41. The number of ether oxygens (including phenoxy) is 2. The standard InChI is InChI=1S/C17H30N2O3/c1-21-9-2-6-19-14-17(11-16(19)20)4-7-18(8-5-17)12-15-3-10-22-13-15/h15H,2-14H2,1H3. The van der Waals surface area contributed by atoms with Crippen molar-refractivity contribution in [3.05, 3.63) is 0 Å². The largest absolute Gasteiger partial charge is 0.385 e. The van der Waals surface area contributed by atoms with Gasteiger partial charge in [-0.1, -0.05) is 0 Å². The molecule has 1 atom stereocenters. The van der Waals surface area contributed by atoms with E-state index in [9.17, 15) is 4.79 Å². The summed E-state index contributed by atoms with van der Waals surface area (Å²) in [6, 6.07) is 0. The van der Waals surface area contributed by atoms with Crippen LogP contribution in [0.1, 0.15) is 32.1 Å². The van der Waals surface area contributed by atoms with E-state index >= 15 is 0 Å². The van der Waals surface area contributed by atoms with Crippen molar-refractivity contribution >= 4 is 5.91 Å². The predicted octanol–water partition coefficient (Wildman–Crippen LogP) is 1.37. The fourth-order valence-corrected chi connectivity index (χ4v) is 4.22. The van der Waals surface area contributed by atoms with Crippen LogP contribution in [0.5, 0.6) is 0 Å². The van der Waals surface area contributed by atoms with Gasteiger partial charge in [-0.25, -0.2) is 0 Å². The zero-order chi connectivity index (χ0) is 15.4. The van der Waals surface area contributed by atoms with Crippen molar-refractivity contribution in [2.24, 2.45) is 11.3 Å². The first-order valence-corrected chi connectivity index (χ1v) is 8.78. The van der Waals surface area contributed by atoms with Gasteiger partial charge in [-0.3, -0.25) is 4.79 Å². The maximum atomic E-state index is 12.3. The summed E-state index contributed by atoms with van der Waals surface area (Å²) in [4.78, 5) is 16.9. The van der Waals surface area contributed by atoms with Crippen molar-refractivity contribution in [3.63, 3.8) is 0 Å². The normalized spacial score (nSPS) is 28.9. The van der Waals surface area contributed by atoms with Crippen LogP contribution in [0.15, 0.2) is 0 Å². The van der Waals surface area contributed by atoms with Gasteiger partial charge in [0.1, 0.15) is 0 Å². The molecule has 0 aromatic rings. The quantitative estimate of drug-likeness (QED) is 0.695. The van der Waals surface area contributed by atoms with Gasteiger partial charge in [-0.05, 0) is 50.1 Å². The highest BCUT2D eigenvalue weighted by Gasteiger charge is 2.44. The van der Waals surface area contributed by atoms with Crippen molar-refractivity contribution in [1.29, 1.82) is 0 Å². The summed E-state index contributed by atoms with van der Waals surface area (Å²) in [5.74, 6) is 1.08. The zero-order valence-electron chi connectivity index (χ0n) is 13.9. The molecular weight excluding hydrogens is 280 g/mol. The molecule has 0 aromatic carbocycles. The molecule has 0 N–H and O–H groups in total. The molecule has 3 heterocycles. The molecule has 3 aliphatic heterocycles. The van der Waals surface area contributed by atoms with Crippen molar-refractivity contribution in [3.8, 4) is 0 Å². The Kier molecular flexibility index (Phi) is 5.37. The van der Waals surface area contributed by atoms with Crippen LogP contribution in [0.3, 0.4) is 0 Å². The van der Waals surface area contributed by atoms with Crippen molar-refractivity contribution in [2.45, 2.75) is 32.1 Å². The van der Waals surface area contributed by atoms with Crippen molar-refractivity contribution in [2.75, 3.05) is 59.7 Å². The number of nitrogens with zero attached hydrogens (tertiary/aromatic N) is 2. The third-order valence-corrected chi connectivity index (χ3v) is 5.64. The number of rotatable bonds is 6. The molecule has 5 nitrogen and oxygen atoms in total. The van der Waals surface area contributed by atoms with Crippen LogP contribution in [0.4, 0.5) is 0 Å². The first kappa shape index (κ1) is 16.2. The SMILES string of the molecule is COCCCN1CC2(CCN(CC3CCOC3)CC2)CC1=O. The Morgan fingerprint density at radius 3 is 2.86 bits per heavy atom. The number of methoxy groups -OCH3 is 1. The second-order valence-corrected chi connectivity index (χ2v) is 7.37. The second kappa shape index (κ2) is 7.28. The Balaban J connectivity index is 1.44. The monoisotopic (exact) mass is 310 g/mol. The van der Waals surface area contributed by atoms with Gasteiger partial charge in [0.15, 0.2) is 0 Å². The fraction of sp³-hybridized carbons (Fsp3) is 0.941. The molecule has 3 saturated heterocycles. The van der Waals surface area contributed by atoms with E-state index in [2.05, 4.69) is 9.80 Å². The summed E-state index contributed by atoms with van der Waals surface area (Å²) in [6.07, 6.45) is 5.28. The van der Waals surface area contributed by atoms with E-state index in [1.807, 2.05) is 0 Å². The number of hydrogen-bond donors (Lipinski definition) is 0. The highest BCUT2D eigenvalue weighted by atomic mass is 16.5. The average Bonchev–Trinajstić information content (AvgIpc) is 3.11. The summed E-state index contributed by atoms with van der Waals surface area (Å²) < 4.78 is 10.6. The Morgan fingerprint density at radius 2 is 2.18 bits per heavy atom. The van der Waals surface area contributed by atoms with Gasteiger partial charge in [0.25, 0.3) is 0 Å². The predicted molar refractivity (Wildman–Crippen MR) is 84.7 cm³/mol. The Labute approximate surface area is 133 Å². The molecule has 0 bridgehead atoms. The van der Waals surface area contributed by atoms with Crippen LogP contribution in [-0.4, -0.2) is 75.4 Å². The van der Waals surface area contributed by atoms with Crippen LogP contribution in [-0.2, 0) is 14.3 Å². The van der Waals surface area contributed by atoms with E-state index in [4.69, 9.17) is 9.47 Å². The zero-order valence-corrected chi connectivity index (χ0v) is 13.9. The molecule has 126 valence electrons. The molecule has 1 spiro atoms. The molecule has 3 fully saturated rings. The van der Waals surface area contributed by atoms with E-state index in [0.717, 1.165) is 64.8 Å². The minimum absolute atomic E-state index is 0.257. The first-order valence-electron chi connectivity index (χ1n) is 8.78. The summed E-state index contributed by atoms with van der Waals surface area (Å²) in [7, 11) is 1.72. The minimum atomic E-state index is 0.257. The first-order chi connectivity index (χ1) is 10.7. The van der Waals surface area contributed by atoms with Gasteiger partial charge in [0.05, 0.1) is 6.61 Å². The lowest BCUT2D eigenvalue weighted by Crippen LogP contribution is -2.43. The van der Waals surface area contributed by atoms with Gasteiger partial charge in [0, 0.05) is 46.4 Å². The molecule has 5 heteroatoms. The van der Waals surface area contributed by atoms with E-state index in [1.165, 1.54) is 25.8 Å². The van der Waals surface area contributed by atoms with Gasteiger partial charge >= 0.3 is 0 Å². The van der Waals surface area contributed by atoms with E-state index in [1.54, 1.807) is 7.11 Å². The Morgan fingerprint density at radius 1 is 1.36 bits per heavy atom. The van der Waals surface area contributed by atoms with Crippen LogP contribution in [0.2, 0.25) is 0 Å². The number of hydrogen-bond acceptors (Lipinski definition) is 4. The van der Waals surface area contributed by atoms with Crippen molar-refractivity contribution in [1.82, 2.24) is 9.80 Å². The van der Waals surface area contributed by atoms with Crippen LogP contribution < -0.4 is 0 Å². The Bertz CT molecular complexity index is 374. The van der Waals surface area contributed by atoms with Crippen LogP contribution >= 0.6 is 0 Å². The van der Waals surface area contributed by atoms with Gasteiger partial charge in [-0.15, -0.1) is 0 Å². The third-order valence-electron chi connectivity index (χ3n) is 5.64. The van der Waals surface area contributed by atoms with Crippen molar-refractivity contribution < 1.29 is 14.3 Å². The molecule has 0 saturated carbocycles. The summed E-state index contributed by atoms with van der Waals surface area (Å²) in [5, 5.41) is 0. The second-order valence-electron chi connectivity index (χ2n) is 7.37. The van der Waals surface area contributed by atoms with E-state index < -0.39 is 0 Å². The van der Waals surface area contributed by atoms with Crippen LogP contribution in [0, 0.1) is 11.3 Å². The molecule has 0 aromatic heterocycles. The summed E-state index contributed by atoms with van der Waals surface area (Å²) in [6.45, 7) is 7.93. The molecule has 0 radical (unpaired) electrons. The maximum Gasteiger partial charge on any atom is 0.223 e. The van der Waals surface area contributed by atoms with Gasteiger partial charge in [-0.2, -0.15) is 0 Å². The number of carbonyl (C=O) groups is 1. The average molecular weight is 310 g/mol. The molecule has 1 unspecified atom stereocenters. The molecule has 22 heavy (non-hydrogen) atoms.